The molecule has 1 heterocycles. The molecule has 1 saturated carbocycles. The molecule has 112 valence electrons. The number of hydrogen-bond donors (Lipinski definition) is 1. The van der Waals surface area contributed by atoms with Crippen LogP contribution < -0.4 is 5.32 Å². The van der Waals surface area contributed by atoms with Gasteiger partial charge in [0.25, 0.3) is 0 Å². The maximum absolute atomic E-state index is 12.3. The zero-order chi connectivity index (χ0) is 14.6. The number of imidazole rings is 1. The molecular weight excluding hydrogens is 254 g/mol. The number of ether oxygens (including phenoxy) is 1. The Balaban J connectivity index is 2.05. The average Bonchev–Trinajstić information content (AvgIpc) is 3.03. The molecule has 2 unspecified atom stereocenters. The summed E-state index contributed by atoms with van der Waals surface area (Å²) in [6, 6.07) is 0. The van der Waals surface area contributed by atoms with E-state index in [1.165, 1.54) is 0 Å². The van der Waals surface area contributed by atoms with Gasteiger partial charge in [-0.25, -0.2) is 4.98 Å². The molecular formula is C15H25N3O2. The second-order valence-electron chi connectivity index (χ2n) is 5.49. The molecule has 5 heteroatoms. The second-order valence-corrected chi connectivity index (χ2v) is 5.49. The van der Waals surface area contributed by atoms with Gasteiger partial charge in [-0.2, -0.15) is 0 Å². The SMILES string of the molecule is CCOC(=O)C1(NC)CCCC1CCn1ccnc1C. The van der Waals surface area contributed by atoms with Crippen molar-refractivity contribution in [1.29, 1.82) is 0 Å². The molecule has 1 aromatic rings. The lowest BCUT2D eigenvalue weighted by molar-refractivity contribution is -0.153. The number of carbonyl (C=O) groups is 1. The van der Waals surface area contributed by atoms with E-state index in [1.807, 2.05) is 33.3 Å². The number of rotatable bonds is 6. The van der Waals surface area contributed by atoms with Crippen LogP contribution in [0, 0.1) is 12.8 Å². The summed E-state index contributed by atoms with van der Waals surface area (Å²) in [4.78, 5) is 16.6. The summed E-state index contributed by atoms with van der Waals surface area (Å²) >= 11 is 0. The minimum atomic E-state index is -0.496. The highest BCUT2D eigenvalue weighted by atomic mass is 16.5. The summed E-state index contributed by atoms with van der Waals surface area (Å²) in [5.41, 5.74) is -0.496. The van der Waals surface area contributed by atoms with E-state index in [1.54, 1.807) is 0 Å². The lowest BCUT2D eigenvalue weighted by Gasteiger charge is -2.33. The van der Waals surface area contributed by atoms with Crippen LogP contribution in [0.1, 0.15) is 38.4 Å². The molecule has 2 atom stereocenters. The molecule has 0 spiro atoms. The maximum atomic E-state index is 12.3. The molecule has 5 nitrogen and oxygen atoms in total. The van der Waals surface area contributed by atoms with E-state index in [-0.39, 0.29) is 5.97 Å². The minimum absolute atomic E-state index is 0.0904. The van der Waals surface area contributed by atoms with E-state index < -0.39 is 5.54 Å². The summed E-state index contributed by atoms with van der Waals surface area (Å²) in [5.74, 6) is 1.26. The zero-order valence-electron chi connectivity index (χ0n) is 12.7. The highest BCUT2D eigenvalue weighted by molar-refractivity contribution is 5.81. The fraction of sp³-hybridized carbons (Fsp3) is 0.733. The number of esters is 1. The maximum Gasteiger partial charge on any atom is 0.326 e. The van der Waals surface area contributed by atoms with Crippen molar-refractivity contribution in [2.24, 2.45) is 5.92 Å². The van der Waals surface area contributed by atoms with Gasteiger partial charge in [0.2, 0.25) is 0 Å². The van der Waals surface area contributed by atoms with Gasteiger partial charge in [-0.05, 0) is 46.1 Å². The fourth-order valence-electron chi connectivity index (χ4n) is 3.36. The molecule has 0 radical (unpaired) electrons. The quantitative estimate of drug-likeness (QED) is 0.808. The second kappa shape index (κ2) is 6.39. The Morgan fingerprint density at radius 3 is 3.05 bits per heavy atom. The van der Waals surface area contributed by atoms with Gasteiger partial charge in [0, 0.05) is 18.9 Å². The van der Waals surface area contributed by atoms with Gasteiger partial charge in [-0.1, -0.05) is 6.42 Å². The van der Waals surface area contributed by atoms with Gasteiger partial charge in [0.1, 0.15) is 11.4 Å². The van der Waals surface area contributed by atoms with Gasteiger partial charge >= 0.3 is 5.97 Å². The van der Waals surface area contributed by atoms with Crippen LogP contribution in [0.3, 0.4) is 0 Å². The van der Waals surface area contributed by atoms with Crippen LogP contribution in [0.5, 0.6) is 0 Å². The van der Waals surface area contributed by atoms with Gasteiger partial charge in [0.15, 0.2) is 0 Å². The number of carbonyl (C=O) groups excluding carboxylic acids is 1. The number of aryl methyl sites for hydroxylation is 2. The molecule has 1 aromatic heterocycles. The standard InChI is InChI=1S/C15H25N3O2/c1-4-20-14(19)15(16-3)8-5-6-13(15)7-10-18-11-9-17-12(18)2/h9,11,13,16H,4-8,10H2,1-3H3. The van der Waals surface area contributed by atoms with Gasteiger partial charge in [-0.15, -0.1) is 0 Å². The third kappa shape index (κ3) is 2.73. The molecule has 0 aliphatic heterocycles. The fourth-order valence-corrected chi connectivity index (χ4v) is 3.36. The molecule has 0 amide bonds. The van der Waals surface area contributed by atoms with Gasteiger partial charge in [0.05, 0.1) is 6.61 Å². The van der Waals surface area contributed by atoms with Crippen molar-refractivity contribution < 1.29 is 9.53 Å². The first-order valence-corrected chi connectivity index (χ1v) is 7.48. The first kappa shape index (κ1) is 15.0. The van der Waals surface area contributed by atoms with Crippen molar-refractivity contribution in [3.05, 3.63) is 18.2 Å². The van der Waals surface area contributed by atoms with Crippen LogP contribution >= 0.6 is 0 Å². The Labute approximate surface area is 120 Å². The average molecular weight is 279 g/mol. The Morgan fingerprint density at radius 2 is 2.45 bits per heavy atom. The van der Waals surface area contributed by atoms with Crippen molar-refractivity contribution in [3.8, 4) is 0 Å². The molecule has 2 rings (SSSR count). The molecule has 1 aliphatic carbocycles. The number of aromatic nitrogens is 2. The number of nitrogens with zero attached hydrogens (tertiary/aromatic N) is 2. The summed E-state index contributed by atoms with van der Waals surface area (Å²) in [6.07, 6.45) is 7.81. The Kier molecular flexibility index (Phi) is 4.81. The highest BCUT2D eigenvalue weighted by Gasteiger charge is 2.48. The third-order valence-electron chi connectivity index (χ3n) is 4.55. The molecule has 1 fully saturated rings. The predicted molar refractivity (Wildman–Crippen MR) is 77.3 cm³/mol. The van der Waals surface area contributed by atoms with Crippen LogP contribution in [0.4, 0.5) is 0 Å². The summed E-state index contributed by atoms with van der Waals surface area (Å²) < 4.78 is 7.43. The molecule has 20 heavy (non-hydrogen) atoms. The largest absolute Gasteiger partial charge is 0.465 e. The lowest BCUT2D eigenvalue weighted by Crippen LogP contribution is -2.54. The van der Waals surface area contributed by atoms with E-state index in [0.717, 1.165) is 38.1 Å². The smallest absolute Gasteiger partial charge is 0.326 e. The Morgan fingerprint density at radius 1 is 1.65 bits per heavy atom. The predicted octanol–water partition coefficient (Wildman–Crippen LogP) is 1.90. The zero-order valence-corrected chi connectivity index (χ0v) is 12.7. The third-order valence-corrected chi connectivity index (χ3v) is 4.55. The first-order valence-electron chi connectivity index (χ1n) is 7.48. The van der Waals surface area contributed by atoms with Crippen LogP contribution in [-0.2, 0) is 16.1 Å². The monoisotopic (exact) mass is 279 g/mol. The minimum Gasteiger partial charge on any atom is -0.465 e. The van der Waals surface area contributed by atoms with E-state index in [0.29, 0.717) is 12.5 Å². The van der Waals surface area contributed by atoms with Crippen LogP contribution in [0.2, 0.25) is 0 Å². The molecule has 0 aromatic carbocycles. The van der Waals surface area contributed by atoms with Crippen molar-refractivity contribution in [2.45, 2.75) is 51.6 Å². The van der Waals surface area contributed by atoms with Crippen molar-refractivity contribution in [1.82, 2.24) is 14.9 Å². The number of nitrogens with one attached hydrogen (secondary N) is 1. The van der Waals surface area contributed by atoms with Crippen LogP contribution in [-0.4, -0.2) is 34.7 Å². The summed E-state index contributed by atoms with van der Waals surface area (Å²) in [7, 11) is 1.87. The van der Waals surface area contributed by atoms with Crippen LogP contribution in [0.15, 0.2) is 12.4 Å². The lowest BCUT2D eigenvalue weighted by atomic mass is 9.84. The van der Waals surface area contributed by atoms with E-state index in [4.69, 9.17) is 4.74 Å². The van der Waals surface area contributed by atoms with Crippen molar-refractivity contribution >= 4 is 5.97 Å². The van der Waals surface area contributed by atoms with E-state index >= 15 is 0 Å². The molecule has 0 saturated heterocycles. The number of hydrogen-bond acceptors (Lipinski definition) is 4. The Bertz CT molecular complexity index is 458. The highest BCUT2D eigenvalue weighted by Crippen LogP contribution is 2.39. The van der Waals surface area contributed by atoms with E-state index in [9.17, 15) is 4.79 Å². The van der Waals surface area contributed by atoms with Crippen molar-refractivity contribution in [2.75, 3.05) is 13.7 Å². The molecule has 1 N–H and O–H groups in total. The van der Waals surface area contributed by atoms with Gasteiger partial charge in [-0.3, -0.25) is 4.79 Å². The number of likely N-dealkylation sites (N-methyl/N-ethyl adjacent to an activating group) is 1. The topological polar surface area (TPSA) is 56.1 Å². The summed E-state index contributed by atoms with van der Waals surface area (Å²) in [6.45, 7) is 5.21. The Hall–Kier alpha value is -1.36. The first-order chi connectivity index (χ1) is 9.64. The molecule has 0 bridgehead atoms. The van der Waals surface area contributed by atoms with Crippen LogP contribution in [0.25, 0.3) is 0 Å². The van der Waals surface area contributed by atoms with Crippen molar-refractivity contribution in [3.63, 3.8) is 0 Å². The van der Waals surface area contributed by atoms with E-state index in [2.05, 4.69) is 14.9 Å². The molecule has 1 aliphatic rings. The normalized spacial score (nSPS) is 25.9. The summed E-state index contributed by atoms with van der Waals surface area (Å²) in [5, 5.41) is 3.26. The van der Waals surface area contributed by atoms with Gasteiger partial charge < -0.3 is 14.6 Å².